The van der Waals surface area contributed by atoms with Gasteiger partial charge >= 0.3 is 0 Å². The Labute approximate surface area is 305 Å². The van der Waals surface area contributed by atoms with Gasteiger partial charge in [-0.3, -0.25) is 4.79 Å². The van der Waals surface area contributed by atoms with Crippen molar-refractivity contribution in [3.8, 4) is 0 Å². The summed E-state index contributed by atoms with van der Waals surface area (Å²) >= 11 is 0. The van der Waals surface area contributed by atoms with Crippen molar-refractivity contribution in [2.24, 2.45) is 58.2 Å². The van der Waals surface area contributed by atoms with E-state index >= 15 is 0 Å². The number of carbonyl (C=O) groups is 1. The van der Waals surface area contributed by atoms with Gasteiger partial charge in [-0.25, -0.2) is 0 Å². The summed E-state index contributed by atoms with van der Waals surface area (Å²) in [5.41, 5.74) is 1.80. The van der Waals surface area contributed by atoms with E-state index in [1.54, 1.807) is 0 Å². The van der Waals surface area contributed by atoms with Gasteiger partial charge in [-0.1, -0.05) is 162 Å². The van der Waals surface area contributed by atoms with Gasteiger partial charge in [-0.2, -0.15) is 0 Å². The molecule has 0 heterocycles. The lowest BCUT2D eigenvalue weighted by atomic mass is 9.44. The molecule has 0 aliphatic heterocycles. The van der Waals surface area contributed by atoms with Crippen LogP contribution in [0.1, 0.15) is 203 Å². The lowest BCUT2D eigenvalue weighted by Gasteiger charge is -2.60. The molecule has 0 bridgehead atoms. The average Bonchev–Trinajstić information content (AvgIpc) is 3.43. The Morgan fingerprint density at radius 2 is 1.41 bits per heavy atom. The number of ketones is 1. The molecule has 2 nitrogen and oxygen atoms in total. The standard InChI is InChI=1S/C47H82O2/c1-8-10-11-12-13-14-15-16-17-18-19-20-21-22-23-24-45(49)44-34-39(48)33-38-27-28-40-42-30-29-41(36(5)25-26-37(9-2)35(3)4)46(42,6)32-31-43(40)47(38,44)7/h25-27,35-37,39-44,48H,8-24,28-34H2,1-7H3/b26-25+/t36-,37+,39-,40+,41-,42+,43+,44?,46-,47-/m1/s1. The minimum atomic E-state index is -0.346. The maximum Gasteiger partial charge on any atom is 0.136 e. The van der Waals surface area contributed by atoms with Crippen molar-refractivity contribution in [2.75, 3.05) is 0 Å². The van der Waals surface area contributed by atoms with E-state index in [0.29, 0.717) is 47.2 Å². The van der Waals surface area contributed by atoms with Gasteiger partial charge in [0.25, 0.3) is 0 Å². The van der Waals surface area contributed by atoms with Crippen LogP contribution in [-0.4, -0.2) is 17.0 Å². The highest BCUT2D eigenvalue weighted by atomic mass is 16.3. The Morgan fingerprint density at radius 1 is 0.816 bits per heavy atom. The number of allylic oxidation sites excluding steroid dienone is 3. The Kier molecular flexibility index (Phi) is 16.5. The first-order valence-corrected chi connectivity index (χ1v) is 22.2. The summed E-state index contributed by atoms with van der Waals surface area (Å²) in [5, 5.41) is 11.0. The van der Waals surface area contributed by atoms with Crippen LogP contribution >= 0.6 is 0 Å². The molecular formula is C47H82O2. The molecule has 4 rings (SSSR count). The smallest absolute Gasteiger partial charge is 0.136 e. The highest BCUT2D eigenvalue weighted by molar-refractivity contribution is 5.82. The molecule has 49 heavy (non-hydrogen) atoms. The van der Waals surface area contributed by atoms with Crippen LogP contribution in [0.15, 0.2) is 23.8 Å². The summed E-state index contributed by atoms with van der Waals surface area (Å²) in [6.45, 7) is 17.0. The third kappa shape index (κ3) is 10.2. The predicted octanol–water partition coefficient (Wildman–Crippen LogP) is 13.9. The minimum Gasteiger partial charge on any atom is -0.393 e. The van der Waals surface area contributed by atoms with E-state index < -0.39 is 0 Å². The number of aliphatic hydroxyl groups excluding tert-OH is 1. The molecule has 0 amide bonds. The van der Waals surface area contributed by atoms with Crippen molar-refractivity contribution in [1.82, 2.24) is 0 Å². The van der Waals surface area contributed by atoms with Crippen molar-refractivity contribution in [3.05, 3.63) is 23.8 Å². The third-order valence-electron chi connectivity index (χ3n) is 15.3. The minimum absolute atomic E-state index is 0.00682. The summed E-state index contributed by atoms with van der Waals surface area (Å²) in [4.78, 5) is 14.1. The number of unbranched alkanes of at least 4 members (excludes halogenated alkanes) is 14. The second-order valence-electron chi connectivity index (χ2n) is 18.7. The van der Waals surface area contributed by atoms with Gasteiger partial charge in [-0.15, -0.1) is 0 Å². The van der Waals surface area contributed by atoms with Crippen molar-refractivity contribution in [1.29, 1.82) is 0 Å². The molecule has 0 aromatic heterocycles. The van der Waals surface area contributed by atoms with Gasteiger partial charge in [0.05, 0.1) is 6.10 Å². The number of Topliss-reactive ketones (excluding diaryl/α,β-unsaturated/α-hetero) is 1. The zero-order valence-corrected chi connectivity index (χ0v) is 33.8. The number of carbonyl (C=O) groups excluding carboxylic acids is 1. The van der Waals surface area contributed by atoms with E-state index in [1.807, 2.05) is 0 Å². The van der Waals surface area contributed by atoms with E-state index in [-0.39, 0.29) is 17.4 Å². The highest BCUT2D eigenvalue weighted by Gasteiger charge is 2.61. The summed E-state index contributed by atoms with van der Waals surface area (Å²) in [5.74, 6) is 5.35. The normalized spacial score (nSPS) is 34.0. The zero-order valence-electron chi connectivity index (χ0n) is 33.8. The third-order valence-corrected chi connectivity index (χ3v) is 15.3. The first-order valence-electron chi connectivity index (χ1n) is 22.2. The van der Waals surface area contributed by atoms with E-state index in [0.717, 1.165) is 31.1 Å². The molecule has 0 aromatic rings. The lowest BCUT2D eigenvalue weighted by molar-refractivity contribution is -0.136. The van der Waals surface area contributed by atoms with Gasteiger partial charge in [0.2, 0.25) is 0 Å². The molecule has 3 fully saturated rings. The number of hydrogen-bond acceptors (Lipinski definition) is 2. The first-order chi connectivity index (χ1) is 23.6. The van der Waals surface area contributed by atoms with Gasteiger partial charge in [0.1, 0.15) is 5.78 Å². The molecule has 0 spiro atoms. The molecule has 0 aromatic carbocycles. The zero-order chi connectivity index (χ0) is 35.4. The summed E-state index contributed by atoms with van der Waals surface area (Å²) in [6, 6.07) is 0. The van der Waals surface area contributed by atoms with E-state index in [1.165, 1.54) is 134 Å². The molecular weight excluding hydrogens is 597 g/mol. The van der Waals surface area contributed by atoms with Crippen LogP contribution in [0.4, 0.5) is 0 Å². The van der Waals surface area contributed by atoms with E-state index in [4.69, 9.17) is 0 Å². The number of rotatable bonds is 22. The van der Waals surface area contributed by atoms with Crippen molar-refractivity contribution in [2.45, 2.75) is 209 Å². The number of aliphatic hydroxyl groups is 1. The van der Waals surface area contributed by atoms with Gasteiger partial charge in [-0.05, 0) is 105 Å². The van der Waals surface area contributed by atoms with Crippen LogP contribution in [0.25, 0.3) is 0 Å². The molecule has 1 unspecified atom stereocenters. The summed E-state index contributed by atoms with van der Waals surface area (Å²) in [6.07, 6.45) is 37.6. The topological polar surface area (TPSA) is 37.3 Å². The largest absolute Gasteiger partial charge is 0.393 e. The van der Waals surface area contributed by atoms with Gasteiger partial charge < -0.3 is 5.11 Å². The molecule has 2 heteroatoms. The number of hydrogen-bond donors (Lipinski definition) is 1. The molecule has 0 radical (unpaired) electrons. The molecule has 4 aliphatic rings. The Hall–Kier alpha value is -0.890. The van der Waals surface area contributed by atoms with Crippen LogP contribution < -0.4 is 0 Å². The molecule has 10 atom stereocenters. The highest BCUT2D eigenvalue weighted by Crippen LogP contribution is 2.68. The quantitative estimate of drug-likeness (QED) is 0.0914. The molecule has 1 N–H and O–H groups in total. The Bertz CT molecular complexity index is 1040. The lowest BCUT2D eigenvalue weighted by Crippen LogP contribution is -2.55. The maximum atomic E-state index is 14.1. The average molecular weight is 679 g/mol. The monoisotopic (exact) mass is 679 g/mol. The predicted molar refractivity (Wildman–Crippen MR) is 212 cm³/mol. The van der Waals surface area contributed by atoms with Gasteiger partial charge in [0.15, 0.2) is 0 Å². The van der Waals surface area contributed by atoms with Crippen molar-refractivity contribution < 1.29 is 9.90 Å². The number of fused-ring (bicyclic) bond motifs is 5. The first kappa shape index (κ1) is 40.9. The summed E-state index contributed by atoms with van der Waals surface area (Å²) < 4.78 is 0. The fourth-order valence-corrected chi connectivity index (χ4v) is 12.2. The summed E-state index contributed by atoms with van der Waals surface area (Å²) in [7, 11) is 0. The molecule has 0 saturated heterocycles. The fraction of sp³-hybridized carbons (Fsp3) is 0.894. The van der Waals surface area contributed by atoms with Gasteiger partial charge in [0, 0.05) is 17.8 Å². The fourth-order valence-electron chi connectivity index (χ4n) is 12.2. The van der Waals surface area contributed by atoms with Crippen LogP contribution in [-0.2, 0) is 4.79 Å². The Balaban J connectivity index is 1.25. The molecule has 4 aliphatic carbocycles. The maximum absolute atomic E-state index is 14.1. The van der Waals surface area contributed by atoms with Crippen LogP contribution in [0.3, 0.4) is 0 Å². The second-order valence-corrected chi connectivity index (χ2v) is 18.7. The van der Waals surface area contributed by atoms with Crippen molar-refractivity contribution >= 4 is 5.78 Å². The molecule has 3 saturated carbocycles. The second kappa shape index (κ2) is 19.8. The SMILES string of the molecule is CCCCCCCCCCCCCCCCCC(=O)C1C[C@H](O)CC2=CC[C@H]3[C@@H]4CC[C@H]([C@H](C)/C=C/[C@H](CC)C(C)C)[C@@]4(C)CC[C@@H]3[C@@]21C. The van der Waals surface area contributed by atoms with Crippen molar-refractivity contribution in [3.63, 3.8) is 0 Å². The van der Waals surface area contributed by atoms with Crippen LogP contribution in [0.5, 0.6) is 0 Å². The van der Waals surface area contributed by atoms with Crippen LogP contribution in [0, 0.1) is 58.2 Å². The Morgan fingerprint density at radius 3 is 1.98 bits per heavy atom. The van der Waals surface area contributed by atoms with E-state index in [2.05, 4.69) is 66.7 Å². The van der Waals surface area contributed by atoms with Crippen LogP contribution in [0.2, 0.25) is 0 Å². The van der Waals surface area contributed by atoms with E-state index in [9.17, 15) is 9.90 Å². The molecule has 282 valence electrons.